The van der Waals surface area contributed by atoms with Crippen LogP contribution in [0.4, 0.5) is 13.2 Å². The molecule has 1 rings (SSSR count). The molecule has 0 radical (unpaired) electrons. The molecule has 56 valence electrons. The first-order chi connectivity index (χ1) is 4.52. The molecule has 1 aromatic heterocycles. The lowest BCUT2D eigenvalue weighted by atomic mass is 10.3. The van der Waals surface area contributed by atoms with Crippen molar-refractivity contribution in [2.75, 3.05) is 0 Å². The lowest BCUT2D eigenvalue weighted by molar-refractivity contribution is -0.275. The molecule has 0 amide bonds. The van der Waals surface area contributed by atoms with E-state index in [0.29, 0.717) is 6.20 Å². The Labute approximate surface area is 54.3 Å². The van der Waals surface area contributed by atoms with Crippen LogP contribution < -0.4 is 5.11 Å². The number of H-pyrrole nitrogens is 1. The van der Waals surface area contributed by atoms with Crippen LogP contribution in [0.25, 0.3) is 0 Å². The number of hydrogen-bond acceptors (Lipinski definition) is 1. The number of hydrogen-bond donors (Lipinski definition) is 1. The Bertz CT molecular complexity index is 227. The lowest BCUT2D eigenvalue weighted by Gasteiger charge is -2.08. The summed E-state index contributed by atoms with van der Waals surface area (Å²) in [5.74, 6) is -1.02. The second-order valence-corrected chi connectivity index (χ2v) is 1.73. The molecule has 1 N–H and O–H groups in total. The molecule has 2 nitrogen and oxygen atoms in total. The molecule has 0 aliphatic heterocycles. The van der Waals surface area contributed by atoms with Crippen LogP contribution in [0.15, 0.2) is 12.4 Å². The summed E-state index contributed by atoms with van der Waals surface area (Å²) in [5.41, 5.74) is -1.15. The third kappa shape index (κ3) is 1.07. The second-order valence-electron chi connectivity index (χ2n) is 1.73. The molecular weight excluding hydrogens is 147 g/mol. The minimum absolute atomic E-state index is 0.641. The number of aromatic amines is 1. The minimum atomic E-state index is -4.53. The van der Waals surface area contributed by atoms with Gasteiger partial charge in [0.05, 0.1) is 5.56 Å². The first kappa shape index (κ1) is 6.98. The Hall–Kier alpha value is -1.13. The highest BCUT2D eigenvalue weighted by Crippen LogP contribution is 2.33. The Kier molecular flexibility index (Phi) is 1.35. The van der Waals surface area contributed by atoms with Gasteiger partial charge in [-0.1, -0.05) is 5.75 Å². The summed E-state index contributed by atoms with van der Waals surface area (Å²) in [5, 5.41) is 10.3. The first-order valence-electron chi connectivity index (χ1n) is 2.43. The van der Waals surface area contributed by atoms with Crippen molar-refractivity contribution in [2.24, 2.45) is 0 Å². The molecule has 0 saturated carbocycles. The quantitative estimate of drug-likeness (QED) is 0.591. The zero-order valence-electron chi connectivity index (χ0n) is 4.70. The summed E-state index contributed by atoms with van der Waals surface area (Å²) >= 11 is 0. The predicted molar refractivity (Wildman–Crippen MR) is 25.2 cm³/mol. The average Bonchev–Trinajstić information content (AvgIpc) is 2.11. The van der Waals surface area contributed by atoms with Crippen molar-refractivity contribution in [3.8, 4) is 5.75 Å². The monoisotopic (exact) mass is 150 g/mol. The van der Waals surface area contributed by atoms with Crippen LogP contribution in [-0.4, -0.2) is 4.98 Å². The van der Waals surface area contributed by atoms with E-state index < -0.39 is 17.5 Å². The first-order valence-corrected chi connectivity index (χ1v) is 2.43. The van der Waals surface area contributed by atoms with Gasteiger partial charge in [0.1, 0.15) is 0 Å². The van der Waals surface area contributed by atoms with E-state index in [1.807, 2.05) is 0 Å². The Morgan fingerprint density at radius 2 is 1.90 bits per heavy atom. The highest BCUT2D eigenvalue weighted by Gasteiger charge is 2.31. The summed E-state index contributed by atoms with van der Waals surface area (Å²) in [4.78, 5) is 2.07. The van der Waals surface area contributed by atoms with Crippen molar-refractivity contribution in [2.45, 2.75) is 6.18 Å². The molecule has 0 unspecified atom stereocenters. The van der Waals surface area contributed by atoms with Crippen molar-refractivity contribution in [1.82, 2.24) is 4.98 Å². The van der Waals surface area contributed by atoms with Gasteiger partial charge in [0.2, 0.25) is 0 Å². The fourth-order valence-corrected chi connectivity index (χ4v) is 0.571. The molecule has 0 aliphatic carbocycles. The van der Waals surface area contributed by atoms with E-state index in [0.717, 1.165) is 6.20 Å². The summed E-state index contributed by atoms with van der Waals surface area (Å²) < 4.78 is 35.0. The molecule has 10 heavy (non-hydrogen) atoms. The van der Waals surface area contributed by atoms with Gasteiger partial charge >= 0.3 is 6.18 Å². The van der Waals surface area contributed by atoms with E-state index in [-0.39, 0.29) is 0 Å². The molecule has 1 aromatic rings. The van der Waals surface area contributed by atoms with Crippen molar-refractivity contribution in [3.63, 3.8) is 0 Å². The lowest BCUT2D eigenvalue weighted by Crippen LogP contribution is -2.06. The minimum Gasteiger partial charge on any atom is -0.871 e. The van der Waals surface area contributed by atoms with Gasteiger partial charge in [-0.3, -0.25) is 0 Å². The number of alkyl halides is 3. The summed E-state index contributed by atoms with van der Waals surface area (Å²) in [6.07, 6.45) is -3.12. The van der Waals surface area contributed by atoms with Gasteiger partial charge < -0.3 is 10.1 Å². The maximum atomic E-state index is 11.7. The molecule has 5 heteroatoms. The van der Waals surface area contributed by atoms with Crippen LogP contribution in [0.5, 0.6) is 5.75 Å². The maximum absolute atomic E-state index is 11.7. The Morgan fingerprint density at radius 1 is 1.30 bits per heavy atom. The van der Waals surface area contributed by atoms with Crippen molar-refractivity contribution in [1.29, 1.82) is 0 Å². The molecule has 0 fully saturated rings. The van der Waals surface area contributed by atoms with Gasteiger partial charge in [0.25, 0.3) is 0 Å². The van der Waals surface area contributed by atoms with Gasteiger partial charge in [-0.25, -0.2) is 0 Å². The number of aromatic nitrogens is 1. The van der Waals surface area contributed by atoms with Crippen molar-refractivity contribution >= 4 is 0 Å². The van der Waals surface area contributed by atoms with Crippen molar-refractivity contribution < 1.29 is 18.3 Å². The molecule has 0 aromatic carbocycles. The van der Waals surface area contributed by atoms with Crippen LogP contribution >= 0.6 is 0 Å². The van der Waals surface area contributed by atoms with E-state index in [9.17, 15) is 18.3 Å². The van der Waals surface area contributed by atoms with Gasteiger partial charge in [-0.15, -0.1) is 0 Å². The van der Waals surface area contributed by atoms with E-state index in [2.05, 4.69) is 4.98 Å². The standard InChI is InChI=1S/C5H4F3NO/c6-5(7,8)3-1-9-2-4(3)10/h1-2,9-10H/p-1. The maximum Gasteiger partial charge on any atom is 0.417 e. The zero-order valence-corrected chi connectivity index (χ0v) is 4.70. The van der Waals surface area contributed by atoms with E-state index >= 15 is 0 Å². The summed E-state index contributed by atoms with van der Waals surface area (Å²) in [6, 6.07) is 0. The van der Waals surface area contributed by atoms with Gasteiger partial charge in [-0.2, -0.15) is 13.2 Å². The number of nitrogens with one attached hydrogen (secondary N) is 1. The second kappa shape index (κ2) is 1.93. The fraction of sp³-hybridized carbons (Fsp3) is 0.200. The van der Waals surface area contributed by atoms with Crippen LogP contribution in [0.1, 0.15) is 5.56 Å². The summed E-state index contributed by atoms with van der Waals surface area (Å²) in [7, 11) is 0. The highest BCUT2D eigenvalue weighted by molar-refractivity contribution is 5.29. The van der Waals surface area contributed by atoms with Gasteiger partial charge in [0, 0.05) is 6.20 Å². The Morgan fingerprint density at radius 3 is 2.10 bits per heavy atom. The van der Waals surface area contributed by atoms with Crippen LogP contribution in [-0.2, 0) is 6.18 Å². The molecule has 0 saturated heterocycles. The normalized spacial score (nSPS) is 11.9. The molecule has 0 spiro atoms. The topological polar surface area (TPSA) is 38.8 Å². The van der Waals surface area contributed by atoms with E-state index in [1.54, 1.807) is 0 Å². The summed E-state index contributed by atoms with van der Waals surface area (Å²) in [6.45, 7) is 0. The van der Waals surface area contributed by atoms with Gasteiger partial charge in [-0.05, 0) is 6.20 Å². The third-order valence-corrected chi connectivity index (χ3v) is 1.01. The molecule has 1 heterocycles. The van der Waals surface area contributed by atoms with Crippen LogP contribution in [0, 0.1) is 0 Å². The van der Waals surface area contributed by atoms with Crippen LogP contribution in [0.3, 0.4) is 0 Å². The fourth-order valence-electron chi connectivity index (χ4n) is 0.571. The Balaban J connectivity index is 3.05. The SMILES string of the molecule is [O-]c1c[nH]cc1C(F)(F)F. The molecule has 0 aliphatic rings. The van der Waals surface area contributed by atoms with Crippen molar-refractivity contribution in [3.05, 3.63) is 18.0 Å². The molecule has 0 atom stereocenters. The third-order valence-electron chi connectivity index (χ3n) is 1.01. The zero-order chi connectivity index (χ0) is 7.78. The average molecular weight is 150 g/mol. The van der Waals surface area contributed by atoms with E-state index in [1.165, 1.54) is 0 Å². The smallest absolute Gasteiger partial charge is 0.417 e. The molecule has 0 bridgehead atoms. The van der Waals surface area contributed by atoms with Gasteiger partial charge in [0.15, 0.2) is 0 Å². The number of rotatable bonds is 0. The largest absolute Gasteiger partial charge is 0.871 e. The molecular formula is C5H3F3NO-. The number of halogens is 3. The van der Waals surface area contributed by atoms with Crippen LogP contribution in [0.2, 0.25) is 0 Å². The van der Waals surface area contributed by atoms with E-state index in [4.69, 9.17) is 0 Å². The highest BCUT2D eigenvalue weighted by atomic mass is 19.4. The predicted octanol–water partition coefficient (Wildman–Crippen LogP) is 1.11.